The molecule has 2 fully saturated rings. The van der Waals surface area contributed by atoms with Gasteiger partial charge in [-0.3, -0.25) is 0 Å². The number of aromatic nitrogens is 1. The maximum absolute atomic E-state index is 10.6. The zero-order valence-electron chi connectivity index (χ0n) is 9.57. The fraction of sp³-hybridized carbons (Fsp3) is 0.750. The molecule has 2 aliphatic rings. The van der Waals surface area contributed by atoms with Crippen molar-refractivity contribution in [2.24, 2.45) is 0 Å². The number of fused-ring (bicyclic) bond motifs is 2. The summed E-state index contributed by atoms with van der Waals surface area (Å²) in [7, 11) is 0. The molecule has 3 nitrogen and oxygen atoms in total. The summed E-state index contributed by atoms with van der Waals surface area (Å²) in [5.41, 5.74) is 0.557. The average molecular weight is 238 g/mol. The SMILES string of the molecule is Cc1csc(CC2(O)CC3CCC(C2)N3)n1. The second-order valence-corrected chi connectivity index (χ2v) is 6.27. The fourth-order valence-electron chi connectivity index (χ4n) is 3.13. The normalized spacial score (nSPS) is 37.9. The molecule has 1 aromatic rings. The number of piperidine rings is 1. The van der Waals surface area contributed by atoms with E-state index in [2.05, 4.69) is 15.7 Å². The molecule has 0 spiro atoms. The van der Waals surface area contributed by atoms with Crippen LogP contribution in [0.3, 0.4) is 0 Å². The highest BCUT2D eigenvalue weighted by Gasteiger charge is 2.42. The van der Waals surface area contributed by atoms with E-state index in [1.165, 1.54) is 12.8 Å². The Morgan fingerprint density at radius 2 is 2.19 bits per heavy atom. The third kappa shape index (κ3) is 2.01. The molecule has 0 saturated carbocycles. The van der Waals surface area contributed by atoms with E-state index < -0.39 is 5.60 Å². The van der Waals surface area contributed by atoms with Crippen molar-refractivity contribution in [1.82, 2.24) is 10.3 Å². The molecule has 2 saturated heterocycles. The molecule has 2 atom stereocenters. The molecule has 2 N–H and O–H groups in total. The van der Waals surface area contributed by atoms with E-state index in [-0.39, 0.29) is 0 Å². The number of hydrogen-bond acceptors (Lipinski definition) is 4. The van der Waals surface area contributed by atoms with E-state index in [0.29, 0.717) is 12.1 Å². The summed E-state index contributed by atoms with van der Waals surface area (Å²) in [6.45, 7) is 2.01. The Balaban J connectivity index is 1.74. The van der Waals surface area contributed by atoms with Crippen LogP contribution < -0.4 is 5.32 Å². The van der Waals surface area contributed by atoms with Gasteiger partial charge in [-0.1, -0.05) is 0 Å². The molecule has 0 aliphatic carbocycles. The van der Waals surface area contributed by atoms with E-state index in [9.17, 15) is 5.11 Å². The highest BCUT2D eigenvalue weighted by Crippen LogP contribution is 2.36. The van der Waals surface area contributed by atoms with Crippen LogP contribution in [0, 0.1) is 6.92 Å². The van der Waals surface area contributed by atoms with E-state index >= 15 is 0 Å². The van der Waals surface area contributed by atoms with Gasteiger partial charge in [-0.25, -0.2) is 4.98 Å². The first kappa shape index (κ1) is 10.7. The molecule has 0 amide bonds. The number of rotatable bonds is 2. The predicted molar refractivity (Wildman–Crippen MR) is 64.7 cm³/mol. The first-order chi connectivity index (χ1) is 7.63. The fourth-order valence-corrected chi connectivity index (χ4v) is 4.04. The number of aryl methyl sites for hydroxylation is 1. The Bertz CT molecular complexity index is 378. The molecule has 3 rings (SSSR count). The lowest BCUT2D eigenvalue weighted by molar-refractivity contribution is -0.00612. The summed E-state index contributed by atoms with van der Waals surface area (Å²) in [5, 5.41) is 17.3. The predicted octanol–water partition coefficient (Wildman–Crippen LogP) is 1.64. The van der Waals surface area contributed by atoms with Crippen molar-refractivity contribution in [3.05, 3.63) is 16.1 Å². The molecule has 16 heavy (non-hydrogen) atoms. The van der Waals surface area contributed by atoms with Crippen LogP contribution in [0.1, 0.15) is 36.4 Å². The van der Waals surface area contributed by atoms with Gasteiger partial charge in [-0.2, -0.15) is 0 Å². The quantitative estimate of drug-likeness (QED) is 0.823. The lowest BCUT2D eigenvalue weighted by Crippen LogP contribution is -2.49. The van der Waals surface area contributed by atoms with Crippen LogP contribution in [0.4, 0.5) is 0 Å². The van der Waals surface area contributed by atoms with Crippen LogP contribution in [0.25, 0.3) is 0 Å². The Kier molecular flexibility index (Phi) is 2.53. The Labute approximate surface area is 99.9 Å². The summed E-state index contributed by atoms with van der Waals surface area (Å²) in [6.07, 6.45) is 4.97. The van der Waals surface area contributed by atoms with Crippen molar-refractivity contribution < 1.29 is 5.11 Å². The van der Waals surface area contributed by atoms with Gasteiger partial charge in [-0.15, -0.1) is 11.3 Å². The zero-order chi connectivity index (χ0) is 11.2. The molecule has 2 unspecified atom stereocenters. The lowest BCUT2D eigenvalue weighted by atomic mass is 9.85. The van der Waals surface area contributed by atoms with Crippen LogP contribution in [0.5, 0.6) is 0 Å². The minimum Gasteiger partial charge on any atom is -0.389 e. The summed E-state index contributed by atoms with van der Waals surface area (Å²) >= 11 is 1.67. The summed E-state index contributed by atoms with van der Waals surface area (Å²) in [5.74, 6) is 0. The molecule has 4 heteroatoms. The third-order valence-corrected chi connectivity index (χ3v) is 4.70. The highest BCUT2D eigenvalue weighted by molar-refractivity contribution is 7.09. The molecular formula is C12H18N2OS. The second-order valence-electron chi connectivity index (χ2n) is 5.33. The van der Waals surface area contributed by atoms with Crippen LogP contribution in [0.2, 0.25) is 0 Å². The highest BCUT2D eigenvalue weighted by atomic mass is 32.1. The molecule has 0 radical (unpaired) electrons. The monoisotopic (exact) mass is 238 g/mol. The van der Waals surface area contributed by atoms with Crippen molar-refractivity contribution in [2.45, 2.75) is 56.7 Å². The van der Waals surface area contributed by atoms with E-state index in [1.54, 1.807) is 11.3 Å². The van der Waals surface area contributed by atoms with Crippen molar-refractivity contribution in [2.75, 3.05) is 0 Å². The summed E-state index contributed by atoms with van der Waals surface area (Å²) < 4.78 is 0. The van der Waals surface area contributed by atoms with Gasteiger partial charge in [0.1, 0.15) is 0 Å². The van der Waals surface area contributed by atoms with Gasteiger partial charge in [0, 0.05) is 29.6 Å². The topological polar surface area (TPSA) is 45.1 Å². The molecule has 2 aliphatic heterocycles. The van der Waals surface area contributed by atoms with Crippen LogP contribution in [-0.4, -0.2) is 27.8 Å². The van der Waals surface area contributed by atoms with E-state index in [0.717, 1.165) is 30.0 Å². The largest absolute Gasteiger partial charge is 0.389 e. The first-order valence-electron chi connectivity index (χ1n) is 6.02. The Hall–Kier alpha value is -0.450. The van der Waals surface area contributed by atoms with E-state index in [4.69, 9.17) is 0 Å². The lowest BCUT2D eigenvalue weighted by Gasteiger charge is -2.36. The minimum absolute atomic E-state index is 0.513. The molecule has 2 bridgehead atoms. The van der Waals surface area contributed by atoms with Crippen molar-refractivity contribution in [3.8, 4) is 0 Å². The average Bonchev–Trinajstić information content (AvgIpc) is 2.73. The van der Waals surface area contributed by atoms with Crippen molar-refractivity contribution in [1.29, 1.82) is 0 Å². The van der Waals surface area contributed by atoms with Gasteiger partial charge in [0.05, 0.1) is 10.6 Å². The smallest absolute Gasteiger partial charge is 0.0956 e. The van der Waals surface area contributed by atoms with Gasteiger partial charge in [-0.05, 0) is 32.6 Å². The summed E-state index contributed by atoms with van der Waals surface area (Å²) in [4.78, 5) is 4.46. The van der Waals surface area contributed by atoms with Gasteiger partial charge in [0.25, 0.3) is 0 Å². The molecular weight excluding hydrogens is 220 g/mol. The maximum atomic E-state index is 10.6. The Morgan fingerprint density at radius 1 is 1.50 bits per heavy atom. The minimum atomic E-state index is -0.513. The van der Waals surface area contributed by atoms with Crippen LogP contribution >= 0.6 is 11.3 Å². The van der Waals surface area contributed by atoms with Gasteiger partial charge in [0.15, 0.2) is 0 Å². The molecule has 3 heterocycles. The van der Waals surface area contributed by atoms with Crippen LogP contribution in [-0.2, 0) is 6.42 Å². The van der Waals surface area contributed by atoms with E-state index in [1.807, 2.05) is 6.92 Å². The Morgan fingerprint density at radius 3 is 2.75 bits per heavy atom. The second kappa shape index (κ2) is 3.79. The third-order valence-electron chi connectivity index (χ3n) is 3.73. The number of hydrogen-bond donors (Lipinski definition) is 2. The van der Waals surface area contributed by atoms with Gasteiger partial charge >= 0.3 is 0 Å². The number of nitrogens with zero attached hydrogens (tertiary/aromatic N) is 1. The van der Waals surface area contributed by atoms with Crippen LogP contribution in [0.15, 0.2) is 5.38 Å². The number of thiazole rings is 1. The molecule has 1 aromatic heterocycles. The molecule has 88 valence electrons. The maximum Gasteiger partial charge on any atom is 0.0956 e. The standard InChI is InChI=1S/C12H18N2OS/c1-8-7-16-11(13-8)6-12(15)4-9-2-3-10(5-12)14-9/h7,9-10,14-15H,2-6H2,1H3. The van der Waals surface area contributed by atoms with Gasteiger partial charge in [0.2, 0.25) is 0 Å². The summed E-state index contributed by atoms with van der Waals surface area (Å²) in [6, 6.07) is 1.06. The number of nitrogens with one attached hydrogen (secondary N) is 1. The van der Waals surface area contributed by atoms with Gasteiger partial charge < -0.3 is 10.4 Å². The zero-order valence-corrected chi connectivity index (χ0v) is 10.4. The van der Waals surface area contributed by atoms with Crippen molar-refractivity contribution >= 4 is 11.3 Å². The first-order valence-corrected chi connectivity index (χ1v) is 6.90. The van der Waals surface area contributed by atoms with Crippen molar-refractivity contribution in [3.63, 3.8) is 0 Å². The number of aliphatic hydroxyl groups is 1. The molecule has 0 aromatic carbocycles.